The van der Waals surface area contributed by atoms with Crippen LogP contribution in [0.4, 0.5) is 0 Å². The van der Waals surface area contributed by atoms with E-state index in [1.807, 2.05) is 0 Å². The van der Waals surface area contributed by atoms with Crippen molar-refractivity contribution in [2.75, 3.05) is 0 Å². The molecular formula is C65H95Cl3SiTi. The first-order valence-electron chi connectivity index (χ1n) is 28.5. The predicted molar refractivity (Wildman–Crippen MR) is 297 cm³/mol. The number of unbranched alkanes of at least 4 members (excludes halogenated alkanes) is 18. The molecule has 70 heavy (non-hydrogen) atoms. The molecule has 0 N–H and O–H groups in total. The first-order chi connectivity index (χ1) is 32.9. The molecule has 1 aliphatic rings. The van der Waals surface area contributed by atoms with Crippen LogP contribution >= 0.6 is 0 Å². The second-order valence-corrected chi connectivity index (χ2v) is 25.4. The van der Waals surface area contributed by atoms with Crippen LogP contribution in [0.15, 0.2) is 100 Å². The maximum Gasteiger partial charge on any atom is -1.00 e. The third-order valence-corrected chi connectivity index (χ3v) is 20.5. The molecule has 384 valence electrons. The minimum Gasteiger partial charge on any atom is -1.00 e. The van der Waals surface area contributed by atoms with E-state index in [1.165, 1.54) is 202 Å². The van der Waals surface area contributed by atoms with Crippen LogP contribution in [0.5, 0.6) is 0 Å². The summed E-state index contributed by atoms with van der Waals surface area (Å²) in [5.74, 6) is 0. The van der Waals surface area contributed by atoms with Crippen LogP contribution in [0.1, 0.15) is 241 Å². The van der Waals surface area contributed by atoms with E-state index in [4.69, 9.17) is 0 Å². The van der Waals surface area contributed by atoms with Crippen LogP contribution in [-0.2, 0) is 59.0 Å². The van der Waals surface area contributed by atoms with Gasteiger partial charge in [0.2, 0.25) is 0 Å². The monoisotopic (exact) mass is 1060 g/mol. The van der Waals surface area contributed by atoms with Gasteiger partial charge in [-0.1, -0.05) is 41.5 Å². The number of halogens is 3. The Morgan fingerprint density at radius 3 is 0.886 bits per heavy atom. The quantitative estimate of drug-likeness (QED) is 0.0246. The molecule has 0 aliphatic heterocycles. The number of benzene rings is 4. The van der Waals surface area contributed by atoms with Gasteiger partial charge in [0.1, 0.15) is 0 Å². The third-order valence-electron chi connectivity index (χ3n) is 15.0. The minimum absolute atomic E-state index is 0. The maximum atomic E-state index is 2.81. The largest absolute Gasteiger partial charge is 1.00 e. The van der Waals surface area contributed by atoms with Gasteiger partial charge in [-0.2, -0.15) is 0 Å². The smallest absolute Gasteiger partial charge is 1.00 e. The predicted octanol–water partition coefficient (Wildman–Crippen LogP) is 8.73. The molecule has 4 aromatic rings. The summed E-state index contributed by atoms with van der Waals surface area (Å²) in [6.45, 7) is 14.1. The van der Waals surface area contributed by atoms with E-state index in [0.717, 1.165) is 6.42 Å². The summed E-state index contributed by atoms with van der Waals surface area (Å²) >= 11 is 2.43. The molecule has 0 heterocycles. The number of aryl methyl sites for hydroxylation is 6. The number of hydrogen-bond acceptors (Lipinski definition) is 0. The van der Waals surface area contributed by atoms with E-state index in [0.29, 0.717) is 0 Å². The van der Waals surface area contributed by atoms with Crippen LogP contribution in [0.25, 0.3) is 5.57 Å². The van der Waals surface area contributed by atoms with Crippen molar-refractivity contribution in [1.82, 2.24) is 0 Å². The molecule has 0 atom stereocenters. The summed E-state index contributed by atoms with van der Waals surface area (Å²) in [4.78, 5) is 0. The molecule has 0 bridgehead atoms. The Balaban J connectivity index is 0.00000560. The average Bonchev–Trinajstić information content (AvgIpc) is 3.73. The van der Waals surface area contributed by atoms with Gasteiger partial charge in [0, 0.05) is 0 Å². The fourth-order valence-corrected chi connectivity index (χ4v) is 17.5. The van der Waals surface area contributed by atoms with Crippen molar-refractivity contribution in [3.8, 4) is 0 Å². The van der Waals surface area contributed by atoms with Crippen molar-refractivity contribution in [2.24, 2.45) is 0 Å². The van der Waals surface area contributed by atoms with Crippen LogP contribution in [0.3, 0.4) is 0 Å². The Morgan fingerprint density at radius 2 is 0.629 bits per heavy atom. The minimum atomic E-state index is -2.97. The molecule has 0 unspecified atom stereocenters. The Bertz CT molecular complexity index is 1820. The molecule has 0 spiro atoms. The van der Waals surface area contributed by atoms with Gasteiger partial charge in [-0.05, 0) is 0 Å². The topological polar surface area (TPSA) is 0 Å². The van der Waals surface area contributed by atoms with Crippen molar-refractivity contribution >= 4 is 29.2 Å². The fraction of sp³-hybridized carbons (Fsp3) is 0.569. The molecule has 0 amide bonds. The van der Waals surface area contributed by atoms with Crippen LogP contribution < -0.4 is 52.8 Å². The van der Waals surface area contributed by atoms with Crippen molar-refractivity contribution in [3.05, 3.63) is 139 Å². The molecule has 0 saturated heterocycles. The molecule has 4 aromatic carbocycles. The molecule has 0 saturated carbocycles. The Hall–Kier alpha value is -1.84. The molecule has 0 radical (unpaired) electrons. The molecule has 0 nitrogen and oxygen atoms in total. The van der Waals surface area contributed by atoms with Crippen LogP contribution in [0, 0.1) is 0 Å². The Labute approximate surface area is 463 Å². The summed E-state index contributed by atoms with van der Waals surface area (Å²) in [7, 11) is -2.97. The maximum absolute atomic E-state index is 2.97. The van der Waals surface area contributed by atoms with E-state index >= 15 is 0 Å². The van der Waals surface area contributed by atoms with Gasteiger partial charge in [0.25, 0.3) is 0 Å². The SMILES string of the molecule is CCCCCCc1cc(CCCCCC)cc([Si](C2=C(c3ccccc3)[C]([Ti+3])=CC2)(c2cc(CCCCCC)cc(CCCCCC)c2)c2cc(CCCCCC)cc(CCCCCC)c2)c1.[Cl-].[Cl-].[Cl-]. The number of hydrogen-bond donors (Lipinski definition) is 0. The van der Waals surface area contributed by atoms with Gasteiger partial charge in [-0.25, -0.2) is 0 Å². The van der Waals surface area contributed by atoms with Gasteiger partial charge in [-0.15, -0.1) is 0 Å². The molecular weight excluding hydrogens is 963 g/mol. The van der Waals surface area contributed by atoms with Crippen molar-refractivity contribution in [3.63, 3.8) is 0 Å². The molecule has 5 rings (SSSR count). The van der Waals surface area contributed by atoms with Crippen LogP contribution in [-0.4, -0.2) is 8.07 Å². The summed E-state index contributed by atoms with van der Waals surface area (Å²) < 4.78 is 1.47. The second-order valence-electron chi connectivity index (χ2n) is 20.8. The van der Waals surface area contributed by atoms with E-state index < -0.39 is 8.07 Å². The van der Waals surface area contributed by atoms with E-state index in [-0.39, 0.29) is 37.2 Å². The molecule has 0 fully saturated rings. The number of allylic oxidation sites excluding steroid dienone is 4. The van der Waals surface area contributed by atoms with Gasteiger partial charge in [0.15, 0.2) is 0 Å². The molecule has 0 aromatic heterocycles. The van der Waals surface area contributed by atoms with Gasteiger partial charge in [0.05, 0.1) is 0 Å². The Kier molecular flexibility index (Phi) is 34.0. The van der Waals surface area contributed by atoms with E-state index in [1.54, 1.807) is 59.7 Å². The van der Waals surface area contributed by atoms with E-state index in [2.05, 4.69) is 153 Å². The zero-order chi connectivity index (χ0) is 47.5. The third kappa shape index (κ3) is 19.8. The Morgan fingerprint density at radius 1 is 0.357 bits per heavy atom. The van der Waals surface area contributed by atoms with Gasteiger partial charge < -0.3 is 37.2 Å². The zero-order valence-electron chi connectivity index (χ0n) is 45.2. The summed E-state index contributed by atoms with van der Waals surface area (Å²) in [6, 6.07) is 36.5. The van der Waals surface area contributed by atoms with Crippen LogP contribution in [0.2, 0.25) is 0 Å². The second kappa shape index (κ2) is 37.0. The first kappa shape index (κ1) is 64.3. The van der Waals surface area contributed by atoms with Gasteiger partial charge >= 0.3 is 388 Å². The first-order valence-corrected chi connectivity index (χ1v) is 31.3. The van der Waals surface area contributed by atoms with Crippen molar-refractivity contribution in [1.29, 1.82) is 0 Å². The van der Waals surface area contributed by atoms with E-state index in [9.17, 15) is 0 Å². The van der Waals surface area contributed by atoms with Crippen molar-refractivity contribution < 1.29 is 57.7 Å². The zero-order valence-corrected chi connectivity index (χ0v) is 50.0. The summed E-state index contributed by atoms with van der Waals surface area (Å²) in [6.07, 6.45) is 42.1. The molecule has 1 aliphatic carbocycles. The molecule has 5 heteroatoms. The standard InChI is InChI=1S/C65H95Si.3ClH.Ti/c1-7-13-19-26-35-54-45-55(36-27-20-14-8-2)49-61(48-54)66(65-44-34-43-64(65)60-41-32-25-33-42-60,62-50-56(37-28-21-15-9-3)46-57(51-62)38-29-22-16-10-4)63-52-58(39-30-23-17-11-5)47-59(53-63)40-31-24-18-12-6;;;;/h25,32-34,41-42,45-53H,7-24,26-31,35-40,44H2,1-6H3;3*1H;/q;;;;+3/p-3. The number of rotatable bonds is 35. The average molecular weight is 1060 g/mol. The normalized spacial score (nSPS) is 12.4. The summed E-state index contributed by atoms with van der Waals surface area (Å²) in [5.41, 5.74) is 12.5. The van der Waals surface area contributed by atoms with Crippen molar-refractivity contribution in [2.45, 2.75) is 241 Å². The summed E-state index contributed by atoms with van der Waals surface area (Å²) in [5, 5.41) is 6.73. The van der Waals surface area contributed by atoms with Gasteiger partial charge in [-0.3, -0.25) is 0 Å². The fourth-order valence-electron chi connectivity index (χ4n) is 11.2.